The Labute approximate surface area is 272 Å². The monoisotopic (exact) mass is 652 g/mol. The molecule has 47 heavy (non-hydrogen) atoms. The fourth-order valence-electron chi connectivity index (χ4n) is 5.71. The molecule has 0 N–H and O–H groups in total. The summed E-state index contributed by atoms with van der Waals surface area (Å²) in [5.74, 6) is -2.54. The number of alkyl halides is 2. The van der Waals surface area contributed by atoms with E-state index in [4.69, 9.17) is 23.7 Å². The van der Waals surface area contributed by atoms with E-state index in [-0.39, 0.29) is 31.9 Å². The quantitative estimate of drug-likeness (QED) is 0.153. The summed E-state index contributed by atoms with van der Waals surface area (Å²) in [4.78, 5) is 22.2. The first-order chi connectivity index (χ1) is 22.4. The molecular weight excluding hydrogens is 610 g/mol. The van der Waals surface area contributed by atoms with Crippen LogP contribution in [0.15, 0.2) is 55.0 Å². The molecule has 4 heterocycles. The highest BCUT2D eigenvalue weighted by molar-refractivity contribution is 6.08. The van der Waals surface area contributed by atoms with Crippen molar-refractivity contribution in [1.29, 1.82) is 0 Å². The van der Waals surface area contributed by atoms with E-state index in [1.807, 2.05) is 36.8 Å². The number of hydrogen-bond donors (Lipinski definition) is 0. The molecule has 4 aromatic rings. The van der Waals surface area contributed by atoms with Crippen LogP contribution in [0.3, 0.4) is 0 Å². The van der Waals surface area contributed by atoms with Gasteiger partial charge in [0.25, 0.3) is 5.92 Å². The molecule has 1 saturated carbocycles. The number of amides is 1. The Bertz CT molecular complexity index is 1680. The molecule has 2 fully saturated rings. The number of hydrogen-bond acceptors (Lipinski definition) is 8. The highest BCUT2D eigenvalue weighted by atomic mass is 19.3. The second kappa shape index (κ2) is 13.7. The lowest BCUT2D eigenvalue weighted by Gasteiger charge is -2.39. The van der Waals surface area contributed by atoms with Crippen molar-refractivity contribution in [3.63, 3.8) is 0 Å². The predicted octanol–water partition coefficient (Wildman–Crippen LogP) is 6.39. The van der Waals surface area contributed by atoms with Crippen LogP contribution in [-0.2, 0) is 26.0 Å². The van der Waals surface area contributed by atoms with Crippen molar-refractivity contribution < 1.29 is 37.3 Å². The molecule has 0 spiro atoms. The normalized spacial score (nSPS) is 18.7. The van der Waals surface area contributed by atoms with Crippen LogP contribution in [-0.4, -0.2) is 94.9 Å². The third kappa shape index (κ3) is 8.17. The largest absolute Gasteiger partial charge is 0.474 e. The number of aromatic nitrogens is 3. The molecule has 2 aliphatic rings. The van der Waals surface area contributed by atoms with Gasteiger partial charge in [-0.2, -0.15) is 0 Å². The van der Waals surface area contributed by atoms with Gasteiger partial charge in [0.1, 0.15) is 24.9 Å². The first-order valence-electron chi connectivity index (χ1n) is 16.1. The summed E-state index contributed by atoms with van der Waals surface area (Å²) in [5, 5.41) is 2.31. The minimum atomic E-state index is -3.11. The Kier molecular flexibility index (Phi) is 9.63. The molecule has 252 valence electrons. The second-order valence-electron chi connectivity index (χ2n) is 13.4. The molecule has 1 aliphatic heterocycles. The highest BCUT2D eigenvalue weighted by Gasteiger charge is 2.38. The maximum atomic E-state index is 14.2. The van der Waals surface area contributed by atoms with Gasteiger partial charge >= 0.3 is 6.09 Å². The number of fused-ring (bicyclic) bond motifs is 3. The zero-order chi connectivity index (χ0) is 33.2. The van der Waals surface area contributed by atoms with Crippen molar-refractivity contribution in [3.8, 4) is 17.0 Å². The summed E-state index contributed by atoms with van der Waals surface area (Å²) in [7, 11) is 2.06. The number of carbonyl (C=O) groups excluding carboxylic acids is 1. The molecule has 0 unspecified atom stereocenters. The van der Waals surface area contributed by atoms with Crippen molar-refractivity contribution in [2.24, 2.45) is 7.05 Å². The number of likely N-dealkylation sites (tertiary alicyclic amines) is 1. The molecule has 6 rings (SSSR count). The summed E-state index contributed by atoms with van der Waals surface area (Å²) >= 11 is 0. The Morgan fingerprint density at radius 3 is 2.43 bits per heavy atom. The SMILES string of the molecule is Cn1c2ccncc2c2ccc(-c3ccc(O[C@H]4C[C@H](OCCCOCC(F)(F)COC5CN(C(=O)OC(C)(C)C)C5)C4)nc3)cc21. The van der Waals surface area contributed by atoms with E-state index in [1.54, 1.807) is 20.8 Å². The van der Waals surface area contributed by atoms with E-state index in [0.29, 0.717) is 18.9 Å². The second-order valence-corrected chi connectivity index (χ2v) is 13.4. The maximum absolute atomic E-state index is 14.2. The van der Waals surface area contributed by atoms with Crippen LogP contribution < -0.4 is 4.74 Å². The van der Waals surface area contributed by atoms with Crippen LogP contribution in [0.5, 0.6) is 5.88 Å². The standard InChI is InChI=1S/C35H42F2N4O6/c1-34(2,3)47-33(42)41-19-27(20-41)45-22-35(36,37)21-43-12-5-13-44-25-15-26(16-25)46-32-9-7-24(17-39-32)23-6-8-28-29-18-38-11-10-30(29)40(4)31(28)14-23/h6-11,14,17-18,25-27H,5,12-13,15-16,19-22H2,1-4H3/t25-,26-. The van der Waals surface area contributed by atoms with Crippen LogP contribution in [0, 0.1) is 0 Å². The average Bonchev–Trinajstić information content (AvgIpc) is 3.27. The fourth-order valence-corrected chi connectivity index (χ4v) is 5.71. The minimum absolute atomic E-state index is 0.0286. The number of carbonyl (C=O) groups is 1. The molecule has 0 atom stereocenters. The van der Waals surface area contributed by atoms with Gasteiger partial charge in [0.2, 0.25) is 5.88 Å². The van der Waals surface area contributed by atoms with E-state index in [2.05, 4.69) is 39.8 Å². The van der Waals surface area contributed by atoms with Crippen molar-refractivity contribution in [2.45, 2.75) is 69.9 Å². The smallest absolute Gasteiger partial charge is 0.410 e. The number of pyridine rings is 2. The number of benzene rings is 1. The van der Waals surface area contributed by atoms with E-state index in [0.717, 1.165) is 40.4 Å². The lowest BCUT2D eigenvalue weighted by molar-refractivity contribution is -0.157. The average molecular weight is 653 g/mol. The predicted molar refractivity (Wildman–Crippen MR) is 173 cm³/mol. The Hall–Kier alpha value is -3.87. The number of nitrogens with zero attached hydrogens (tertiary/aromatic N) is 4. The van der Waals surface area contributed by atoms with Crippen LogP contribution in [0.25, 0.3) is 32.9 Å². The fraction of sp³-hybridized carbons (Fsp3) is 0.514. The first kappa shape index (κ1) is 33.0. The zero-order valence-corrected chi connectivity index (χ0v) is 27.3. The number of aryl methyl sites for hydroxylation is 1. The van der Waals surface area contributed by atoms with E-state index < -0.39 is 36.9 Å². The molecular formula is C35H42F2N4O6. The topological polar surface area (TPSA) is 97.2 Å². The Morgan fingerprint density at radius 1 is 0.894 bits per heavy atom. The van der Waals surface area contributed by atoms with Crippen molar-refractivity contribution in [2.75, 3.05) is 39.5 Å². The van der Waals surface area contributed by atoms with Gasteiger partial charge in [-0.3, -0.25) is 4.98 Å². The van der Waals surface area contributed by atoms with Gasteiger partial charge in [-0.1, -0.05) is 12.1 Å². The van der Waals surface area contributed by atoms with Gasteiger partial charge in [0.05, 0.1) is 30.8 Å². The van der Waals surface area contributed by atoms with Crippen molar-refractivity contribution in [3.05, 3.63) is 55.0 Å². The van der Waals surface area contributed by atoms with Gasteiger partial charge in [0, 0.05) is 79.6 Å². The molecule has 1 amide bonds. The third-order valence-electron chi connectivity index (χ3n) is 8.35. The lowest BCUT2D eigenvalue weighted by Crippen LogP contribution is -2.56. The molecule has 1 saturated heterocycles. The van der Waals surface area contributed by atoms with Crippen LogP contribution >= 0.6 is 0 Å². The summed E-state index contributed by atoms with van der Waals surface area (Å²) < 4.78 is 58.1. The summed E-state index contributed by atoms with van der Waals surface area (Å²) in [6.45, 7) is 4.91. The number of halogens is 2. The van der Waals surface area contributed by atoms with Gasteiger partial charge in [0.15, 0.2) is 0 Å². The zero-order valence-electron chi connectivity index (χ0n) is 27.3. The Morgan fingerprint density at radius 2 is 1.68 bits per heavy atom. The van der Waals surface area contributed by atoms with Gasteiger partial charge in [-0.25, -0.2) is 18.6 Å². The molecule has 1 aromatic carbocycles. The van der Waals surface area contributed by atoms with Crippen LogP contribution in [0.4, 0.5) is 13.6 Å². The van der Waals surface area contributed by atoms with Crippen molar-refractivity contribution >= 4 is 27.9 Å². The molecule has 0 radical (unpaired) electrons. The van der Waals surface area contributed by atoms with Gasteiger partial charge in [-0.15, -0.1) is 0 Å². The first-order valence-corrected chi connectivity index (χ1v) is 16.1. The molecule has 3 aromatic heterocycles. The summed E-state index contributed by atoms with van der Waals surface area (Å²) in [6.07, 6.45) is 6.76. The third-order valence-corrected chi connectivity index (χ3v) is 8.35. The molecule has 1 aliphatic carbocycles. The van der Waals surface area contributed by atoms with Crippen molar-refractivity contribution in [1.82, 2.24) is 19.4 Å². The number of rotatable bonds is 13. The molecule has 12 heteroatoms. The highest BCUT2D eigenvalue weighted by Crippen LogP contribution is 2.32. The molecule has 10 nitrogen and oxygen atoms in total. The lowest BCUT2D eigenvalue weighted by atomic mass is 9.92. The minimum Gasteiger partial charge on any atom is -0.474 e. The van der Waals surface area contributed by atoms with Crippen LogP contribution in [0.2, 0.25) is 0 Å². The Balaban J connectivity index is 0.833. The summed E-state index contributed by atoms with van der Waals surface area (Å²) in [5.41, 5.74) is 3.77. The maximum Gasteiger partial charge on any atom is 0.410 e. The molecule has 0 bridgehead atoms. The summed E-state index contributed by atoms with van der Waals surface area (Å²) in [6, 6.07) is 12.3. The van der Waals surface area contributed by atoms with E-state index in [9.17, 15) is 13.6 Å². The van der Waals surface area contributed by atoms with E-state index >= 15 is 0 Å². The van der Waals surface area contributed by atoms with E-state index in [1.165, 1.54) is 10.3 Å². The van der Waals surface area contributed by atoms with Gasteiger partial charge in [-0.05, 0) is 51.0 Å². The van der Waals surface area contributed by atoms with Gasteiger partial charge < -0.3 is 33.2 Å². The number of ether oxygens (including phenoxy) is 5. The van der Waals surface area contributed by atoms with Crippen LogP contribution in [0.1, 0.15) is 40.0 Å².